The minimum Gasteiger partial charge on any atom is -0.451 e. The normalized spacial score (nSPS) is 10.8. The molecule has 0 spiro atoms. The Morgan fingerprint density at radius 1 is 1.25 bits per heavy atom. The number of ether oxygens (including phenoxy) is 1. The Hall–Kier alpha value is -2.25. The van der Waals surface area contributed by atoms with E-state index in [-0.39, 0.29) is 18.3 Å². The van der Waals surface area contributed by atoms with Crippen LogP contribution in [0, 0.1) is 5.82 Å². The van der Waals surface area contributed by atoms with Gasteiger partial charge in [0.15, 0.2) is 6.61 Å². The zero-order valence-corrected chi connectivity index (χ0v) is 14.5. The molecular formula is C17H14FNO3S2. The first-order chi connectivity index (χ1) is 11.5. The lowest BCUT2D eigenvalue weighted by Gasteiger charge is -2.16. The molecule has 0 aliphatic rings. The van der Waals surface area contributed by atoms with Crippen LogP contribution in [0.4, 0.5) is 4.39 Å². The molecule has 7 heteroatoms. The molecule has 24 heavy (non-hydrogen) atoms. The molecule has 1 amide bonds. The predicted molar refractivity (Wildman–Crippen MR) is 92.9 cm³/mol. The van der Waals surface area contributed by atoms with E-state index >= 15 is 0 Å². The van der Waals surface area contributed by atoms with Crippen molar-refractivity contribution in [2.24, 2.45) is 0 Å². The van der Waals surface area contributed by atoms with Gasteiger partial charge in [0.25, 0.3) is 5.91 Å². The number of nitrogens with zero attached hydrogens (tertiary/aromatic N) is 1. The molecule has 0 atom stereocenters. The largest absolute Gasteiger partial charge is 0.451 e. The fourth-order valence-electron chi connectivity index (χ4n) is 2.17. The van der Waals surface area contributed by atoms with Gasteiger partial charge in [0.05, 0.1) is 0 Å². The van der Waals surface area contributed by atoms with Crippen LogP contribution in [0.5, 0.6) is 0 Å². The standard InChI is InChI=1S/C17H14FNO3S2/c1-19(8-11-4-5-23-10-11)16(20)9-22-17(21)15-7-12-6-13(18)2-3-14(12)24-15/h2-7,10H,8-9H2,1H3. The van der Waals surface area contributed by atoms with Crippen molar-refractivity contribution < 1.29 is 18.7 Å². The highest BCUT2D eigenvalue weighted by molar-refractivity contribution is 7.20. The third kappa shape index (κ3) is 3.80. The van der Waals surface area contributed by atoms with Crippen molar-refractivity contribution in [1.29, 1.82) is 0 Å². The number of esters is 1. The molecule has 4 nitrogen and oxygen atoms in total. The van der Waals surface area contributed by atoms with Gasteiger partial charge >= 0.3 is 5.97 Å². The summed E-state index contributed by atoms with van der Waals surface area (Å²) in [5.74, 6) is -1.21. The molecule has 0 aliphatic carbocycles. The molecule has 0 fully saturated rings. The first kappa shape index (κ1) is 16.6. The zero-order chi connectivity index (χ0) is 17.1. The first-order valence-electron chi connectivity index (χ1n) is 7.14. The Balaban J connectivity index is 1.58. The Morgan fingerprint density at radius 2 is 2.08 bits per heavy atom. The molecule has 2 heterocycles. The molecule has 0 bridgehead atoms. The number of likely N-dealkylation sites (N-methyl/N-ethyl adjacent to an activating group) is 1. The first-order valence-corrected chi connectivity index (χ1v) is 8.90. The summed E-state index contributed by atoms with van der Waals surface area (Å²) in [7, 11) is 1.66. The van der Waals surface area contributed by atoms with Crippen LogP contribution in [-0.4, -0.2) is 30.4 Å². The summed E-state index contributed by atoms with van der Waals surface area (Å²) >= 11 is 2.78. The molecule has 0 saturated carbocycles. The number of fused-ring (bicyclic) bond motifs is 1. The summed E-state index contributed by atoms with van der Waals surface area (Å²) in [6.07, 6.45) is 0. The van der Waals surface area contributed by atoms with E-state index in [4.69, 9.17) is 4.74 Å². The number of rotatable bonds is 5. The van der Waals surface area contributed by atoms with Gasteiger partial charge in [0.2, 0.25) is 0 Å². The average Bonchev–Trinajstić information content (AvgIpc) is 3.20. The number of hydrogen-bond acceptors (Lipinski definition) is 5. The zero-order valence-electron chi connectivity index (χ0n) is 12.8. The summed E-state index contributed by atoms with van der Waals surface area (Å²) < 4.78 is 19.1. The molecule has 2 aromatic heterocycles. The van der Waals surface area contributed by atoms with Gasteiger partial charge in [0.1, 0.15) is 10.7 Å². The van der Waals surface area contributed by atoms with E-state index in [0.29, 0.717) is 16.8 Å². The molecule has 0 saturated heterocycles. The van der Waals surface area contributed by atoms with Crippen LogP contribution in [-0.2, 0) is 16.1 Å². The Morgan fingerprint density at radius 3 is 2.83 bits per heavy atom. The van der Waals surface area contributed by atoms with Gasteiger partial charge in [-0.2, -0.15) is 11.3 Å². The SMILES string of the molecule is CN(Cc1ccsc1)C(=O)COC(=O)c1cc2cc(F)ccc2s1. The number of carbonyl (C=O) groups is 2. The number of amides is 1. The van der Waals surface area contributed by atoms with E-state index < -0.39 is 5.97 Å². The maximum absolute atomic E-state index is 13.2. The maximum atomic E-state index is 13.2. The number of hydrogen-bond donors (Lipinski definition) is 0. The van der Waals surface area contributed by atoms with Crippen molar-refractivity contribution in [3.05, 3.63) is 57.3 Å². The highest BCUT2D eigenvalue weighted by atomic mass is 32.1. The molecule has 0 radical (unpaired) electrons. The highest BCUT2D eigenvalue weighted by Crippen LogP contribution is 2.26. The van der Waals surface area contributed by atoms with Crippen molar-refractivity contribution >= 4 is 44.6 Å². The summed E-state index contributed by atoms with van der Waals surface area (Å²) in [6.45, 7) is 0.157. The minimum absolute atomic E-state index is 0.276. The van der Waals surface area contributed by atoms with Crippen molar-refractivity contribution in [2.45, 2.75) is 6.54 Å². The van der Waals surface area contributed by atoms with Crippen LogP contribution in [0.1, 0.15) is 15.2 Å². The number of thiophene rings is 2. The number of carbonyl (C=O) groups excluding carboxylic acids is 2. The van der Waals surface area contributed by atoms with Crippen molar-refractivity contribution in [2.75, 3.05) is 13.7 Å². The molecule has 124 valence electrons. The Kier molecular flexibility index (Phi) is 4.92. The average molecular weight is 363 g/mol. The topological polar surface area (TPSA) is 46.6 Å². The van der Waals surface area contributed by atoms with Crippen molar-refractivity contribution in [1.82, 2.24) is 4.90 Å². The van der Waals surface area contributed by atoms with Gasteiger partial charge in [0, 0.05) is 18.3 Å². The fourth-order valence-corrected chi connectivity index (χ4v) is 3.76. The maximum Gasteiger partial charge on any atom is 0.348 e. The van der Waals surface area contributed by atoms with Crippen LogP contribution < -0.4 is 0 Å². The van der Waals surface area contributed by atoms with Crippen LogP contribution >= 0.6 is 22.7 Å². The van der Waals surface area contributed by atoms with Crippen LogP contribution in [0.3, 0.4) is 0 Å². The molecule has 0 N–H and O–H groups in total. The molecule has 3 aromatic rings. The monoisotopic (exact) mass is 363 g/mol. The lowest BCUT2D eigenvalue weighted by Crippen LogP contribution is -2.30. The Labute approximate surface area is 146 Å². The smallest absolute Gasteiger partial charge is 0.348 e. The number of benzene rings is 1. The predicted octanol–water partition coefficient (Wildman–Crippen LogP) is 3.92. The molecule has 3 rings (SSSR count). The van der Waals surface area contributed by atoms with Gasteiger partial charge < -0.3 is 9.64 Å². The van der Waals surface area contributed by atoms with Crippen LogP contribution in [0.2, 0.25) is 0 Å². The third-order valence-electron chi connectivity index (χ3n) is 3.43. The van der Waals surface area contributed by atoms with E-state index in [0.717, 1.165) is 10.3 Å². The van der Waals surface area contributed by atoms with Gasteiger partial charge in [-0.05, 0) is 52.0 Å². The molecular weight excluding hydrogens is 349 g/mol. The van der Waals surface area contributed by atoms with Gasteiger partial charge in [-0.1, -0.05) is 0 Å². The second-order valence-electron chi connectivity index (χ2n) is 5.25. The number of halogens is 1. The fraction of sp³-hybridized carbons (Fsp3) is 0.176. The quantitative estimate of drug-likeness (QED) is 0.646. The van der Waals surface area contributed by atoms with Gasteiger partial charge in [-0.25, -0.2) is 9.18 Å². The van der Waals surface area contributed by atoms with Gasteiger partial charge in [-0.15, -0.1) is 11.3 Å². The van der Waals surface area contributed by atoms with E-state index in [9.17, 15) is 14.0 Å². The summed E-state index contributed by atoms with van der Waals surface area (Å²) in [6, 6.07) is 7.84. The van der Waals surface area contributed by atoms with E-state index in [1.165, 1.54) is 28.4 Å². The Bertz CT molecular complexity index is 873. The molecule has 0 unspecified atom stereocenters. The van der Waals surface area contributed by atoms with Crippen molar-refractivity contribution in [3.8, 4) is 0 Å². The highest BCUT2D eigenvalue weighted by Gasteiger charge is 2.16. The summed E-state index contributed by atoms with van der Waals surface area (Å²) in [5.41, 5.74) is 1.04. The summed E-state index contributed by atoms with van der Waals surface area (Å²) in [5, 5.41) is 4.55. The molecule has 0 aliphatic heterocycles. The van der Waals surface area contributed by atoms with E-state index in [1.807, 2.05) is 16.8 Å². The van der Waals surface area contributed by atoms with E-state index in [2.05, 4.69) is 0 Å². The second-order valence-corrected chi connectivity index (χ2v) is 7.11. The van der Waals surface area contributed by atoms with Crippen LogP contribution in [0.15, 0.2) is 41.1 Å². The van der Waals surface area contributed by atoms with E-state index in [1.54, 1.807) is 30.5 Å². The van der Waals surface area contributed by atoms with Crippen molar-refractivity contribution in [3.63, 3.8) is 0 Å². The van der Waals surface area contributed by atoms with Crippen LogP contribution in [0.25, 0.3) is 10.1 Å². The summed E-state index contributed by atoms with van der Waals surface area (Å²) in [4.78, 5) is 26.0. The third-order valence-corrected chi connectivity index (χ3v) is 5.26. The van der Waals surface area contributed by atoms with Gasteiger partial charge in [-0.3, -0.25) is 4.79 Å². The second kappa shape index (κ2) is 7.11. The lowest BCUT2D eigenvalue weighted by molar-refractivity contribution is -0.133. The minimum atomic E-state index is -0.575. The lowest BCUT2D eigenvalue weighted by atomic mass is 10.2. The molecule has 1 aromatic carbocycles.